The summed E-state index contributed by atoms with van der Waals surface area (Å²) in [6.45, 7) is 7.77. The molecular formula is C24H27ClN4O3S. The molecule has 33 heavy (non-hydrogen) atoms. The minimum absolute atomic E-state index is 0.181. The molecule has 0 radical (unpaired) electrons. The van der Waals surface area contributed by atoms with E-state index in [0.29, 0.717) is 10.6 Å². The van der Waals surface area contributed by atoms with Crippen molar-refractivity contribution < 1.29 is 14.7 Å². The molecule has 3 atom stereocenters. The highest BCUT2D eigenvalue weighted by Gasteiger charge is 2.57. The predicted molar refractivity (Wildman–Crippen MR) is 129 cm³/mol. The van der Waals surface area contributed by atoms with Crippen LogP contribution in [0.2, 0.25) is 5.02 Å². The number of carbonyl (C=O) groups excluding carboxylic acids is 1. The van der Waals surface area contributed by atoms with E-state index in [4.69, 9.17) is 11.6 Å². The van der Waals surface area contributed by atoms with Crippen LogP contribution in [0.4, 0.5) is 0 Å². The predicted octanol–water partition coefficient (Wildman–Crippen LogP) is 4.74. The van der Waals surface area contributed by atoms with Crippen LogP contribution < -0.4 is 5.32 Å². The van der Waals surface area contributed by atoms with Crippen LogP contribution in [0.25, 0.3) is 0 Å². The van der Waals surface area contributed by atoms with Crippen LogP contribution in [-0.2, 0) is 10.2 Å². The van der Waals surface area contributed by atoms with Crippen molar-refractivity contribution in [1.29, 1.82) is 0 Å². The van der Waals surface area contributed by atoms with Crippen molar-refractivity contribution in [2.75, 3.05) is 0 Å². The third kappa shape index (κ3) is 4.13. The molecule has 0 aliphatic carbocycles. The summed E-state index contributed by atoms with van der Waals surface area (Å²) in [7, 11) is 0. The average molecular weight is 487 g/mol. The van der Waals surface area contributed by atoms with Crippen molar-refractivity contribution in [1.82, 2.24) is 20.1 Å². The fraction of sp³-hybridized carbons (Fsp3) is 0.375. The normalized spacial score (nSPS) is 24.8. The van der Waals surface area contributed by atoms with Gasteiger partial charge < -0.3 is 20.2 Å². The third-order valence-electron chi connectivity index (χ3n) is 6.30. The molecule has 2 aliphatic heterocycles. The van der Waals surface area contributed by atoms with Gasteiger partial charge in [-0.25, -0.2) is 4.79 Å². The van der Waals surface area contributed by atoms with E-state index < -0.39 is 17.6 Å². The molecule has 0 saturated carbocycles. The minimum Gasteiger partial charge on any atom is -0.480 e. The Labute approximate surface area is 202 Å². The highest BCUT2D eigenvalue weighted by atomic mass is 35.5. The third-order valence-corrected chi connectivity index (χ3v) is 7.46. The number of halogens is 1. The van der Waals surface area contributed by atoms with Gasteiger partial charge in [-0.05, 0) is 30.0 Å². The van der Waals surface area contributed by atoms with E-state index in [9.17, 15) is 14.7 Å². The maximum Gasteiger partial charge on any atom is 0.329 e. The van der Waals surface area contributed by atoms with Crippen molar-refractivity contribution in [2.45, 2.75) is 57.2 Å². The Bertz CT molecular complexity index is 1110. The van der Waals surface area contributed by atoms with Gasteiger partial charge in [0.25, 0.3) is 5.91 Å². The molecule has 2 aliphatic rings. The van der Waals surface area contributed by atoms with Gasteiger partial charge >= 0.3 is 5.97 Å². The number of aromatic nitrogens is 1. The van der Waals surface area contributed by atoms with Crippen molar-refractivity contribution in [2.24, 2.45) is 0 Å². The summed E-state index contributed by atoms with van der Waals surface area (Å²) in [5, 5.41) is 13.8. The Morgan fingerprint density at radius 3 is 2.52 bits per heavy atom. The van der Waals surface area contributed by atoms with Crippen molar-refractivity contribution >= 4 is 34.8 Å². The van der Waals surface area contributed by atoms with E-state index in [-0.39, 0.29) is 23.8 Å². The number of hydrogen-bond donors (Lipinski definition) is 2. The topological polar surface area (TPSA) is 85.8 Å². The van der Waals surface area contributed by atoms with Crippen LogP contribution in [0.5, 0.6) is 0 Å². The van der Waals surface area contributed by atoms with Crippen LogP contribution >= 0.6 is 22.9 Å². The van der Waals surface area contributed by atoms with E-state index in [0.717, 1.165) is 10.4 Å². The van der Waals surface area contributed by atoms with E-state index in [1.807, 2.05) is 23.4 Å². The molecule has 2 aromatic rings. The lowest BCUT2D eigenvalue weighted by atomic mass is 9.86. The molecule has 1 unspecified atom stereocenters. The van der Waals surface area contributed by atoms with Crippen molar-refractivity contribution in [3.8, 4) is 0 Å². The first-order chi connectivity index (χ1) is 15.5. The van der Waals surface area contributed by atoms with Gasteiger partial charge in [-0.1, -0.05) is 38.4 Å². The van der Waals surface area contributed by atoms with Crippen LogP contribution in [0.1, 0.15) is 61.0 Å². The lowest BCUT2D eigenvalue weighted by Crippen LogP contribution is -2.51. The number of hydrogen-bond acceptors (Lipinski definition) is 6. The summed E-state index contributed by atoms with van der Waals surface area (Å²) in [6.07, 6.45) is 9.21. The molecule has 174 valence electrons. The molecule has 2 N–H and O–H groups in total. The standard InChI is InChI=1S/C24H27ClN4O3S/c1-23(2,3)16-6-5-15(11-17(16)25)21(30)29-20(19-13-27-14-33-19)18(12-24(29,4)22(31)32)28-9-7-26-8-10-28/h5-11,13-14,18,20,26H,12H2,1-4H3,(H,31,32)/t18-,20?,24-/m0/s1. The van der Waals surface area contributed by atoms with Gasteiger partial charge in [-0.2, -0.15) is 0 Å². The molecule has 4 rings (SSSR count). The van der Waals surface area contributed by atoms with Gasteiger partial charge in [-0.3, -0.25) is 9.78 Å². The number of carboxylic acid groups (broad SMARTS) is 1. The Morgan fingerprint density at radius 2 is 1.97 bits per heavy atom. The van der Waals surface area contributed by atoms with Gasteiger partial charge in [-0.15, -0.1) is 11.3 Å². The zero-order valence-corrected chi connectivity index (χ0v) is 20.5. The van der Waals surface area contributed by atoms with Crippen molar-refractivity contribution in [3.63, 3.8) is 0 Å². The van der Waals surface area contributed by atoms with Gasteiger partial charge in [0.2, 0.25) is 0 Å². The molecule has 3 heterocycles. The molecule has 0 spiro atoms. The molecule has 1 aromatic carbocycles. The van der Waals surface area contributed by atoms with E-state index in [1.165, 1.54) is 16.2 Å². The number of nitrogens with one attached hydrogen (secondary N) is 1. The van der Waals surface area contributed by atoms with Crippen molar-refractivity contribution in [3.05, 3.63) is 75.7 Å². The Morgan fingerprint density at radius 1 is 1.27 bits per heavy atom. The quantitative estimate of drug-likeness (QED) is 0.649. The molecule has 1 aromatic heterocycles. The second-order valence-electron chi connectivity index (χ2n) is 9.56. The first kappa shape index (κ1) is 23.3. The van der Waals surface area contributed by atoms with E-state index in [1.54, 1.807) is 43.2 Å². The first-order valence-corrected chi connectivity index (χ1v) is 11.9. The Balaban J connectivity index is 1.82. The molecule has 1 amide bonds. The summed E-state index contributed by atoms with van der Waals surface area (Å²) >= 11 is 7.97. The number of thiazole rings is 1. The number of carboxylic acids is 1. The number of carbonyl (C=O) groups is 2. The highest BCUT2D eigenvalue weighted by Crippen LogP contribution is 2.47. The number of amides is 1. The van der Waals surface area contributed by atoms with Gasteiger partial charge in [0.15, 0.2) is 0 Å². The molecule has 1 saturated heterocycles. The second-order valence-corrected chi connectivity index (χ2v) is 10.9. The van der Waals surface area contributed by atoms with Gasteiger partial charge in [0, 0.05) is 52.9 Å². The summed E-state index contributed by atoms with van der Waals surface area (Å²) in [5.74, 6) is -1.42. The monoisotopic (exact) mass is 486 g/mol. The summed E-state index contributed by atoms with van der Waals surface area (Å²) < 4.78 is 0. The molecule has 0 bridgehead atoms. The zero-order chi connectivity index (χ0) is 24.0. The molecule has 1 fully saturated rings. The van der Waals surface area contributed by atoms with E-state index >= 15 is 0 Å². The SMILES string of the molecule is CC(C)(C)c1ccc(C(=O)N2C(c3cncs3)[C@@H](N3C=CNC=C3)C[C@@]2(C)C(=O)O)cc1Cl. The Hall–Kier alpha value is -2.84. The number of benzene rings is 1. The maximum atomic E-state index is 13.9. The van der Waals surface area contributed by atoms with Crippen LogP contribution in [0.3, 0.4) is 0 Å². The molecule has 9 heteroatoms. The number of likely N-dealkylation sites (tertiary alicyclic amines) is 1. The molecule has 7 nitrogen and oxygen atoms in total. The Kier molecular flexibility index (Phi) is 6.01. The lowest BCUT2D eigenvalue weighted by Gasteiger charge is -2.36. The minimum atomic E-state index is -1.42. The highest BCUT2D eigenvalue weighted by molar-refractivity contribution is 7.09. The zero-order valence-electron chi connectivity index (χ0n) is 18.9. The first-order valence-electron chi connectivity index (χ1n) is 10.7. The number of rotatable bonds is 4. The van der Waals surface area contributed by atoms with E-state index in [2.05, 4.69) is 31.1 Å². The summed E-state index contributed by atoms with van der Waals surface area (Å²) in [5.41, 5.74) is 1.39. The van der Waals surface area contributed by atoms with Crippen LogP contribution in [0.15, 0.2) is 54.7 Å². The van der Waals surface area contributed by atoms with Crippen LogP contribution in [0, 0.1) is 0 Å². The smallest absolute Gasteiger partial charge is 0.329 e. The van der Waals surface area contributed by atoms with Gasteiger partial charge in [0.1, 0.15) is 5.54 Å². The second kappa shape index (κ2) is 8.50. The number of nitrogens with zero attached hydrogens (tertiary/aromatic N) is 3. The number of aliphatic carboxylic acids is 1. The fourth-order valence-corrected chi connectivity index (χ4v) is 5.81. The summed E-state index contributed by atoms with van der Waals surface area (Å²) in [6, 6.07) is 4.45. The largest absolute Gasteiger partial charge is 0.480 e. The average Bonchev–Trinajstić information content (AvgIpc) is 3.39. The summed E-state index contributed by atoms with van der Waals surface area (Å²) in [4.78, 5) is 35.0. The fourth-order valence-electron chi connectivity index (χ4n) is 4.57. The molecular weight excluding hydrogens is 460 g/mol. The lowest BCUT2D eigenvalue weighted by molar-refractivity contribution is -0.147. The maximum absolute atomic E-state index is 13.9. The van der Waals surface area contributed by atoms with Crippen LogP contribution in [-0.4, -0.2) is 43.3 Å². The van der Waals surface area contributed by atoms with Gasteiger partial charge in [0.05, 0.1) is 17.6 Å².